The molecule has 1 atom stereocenters. The fourth-order valence-electron chi connectivity index (χ4n) is 2.34. The number of amides is 1. The van der Waals surface area contributed by atoms with Gasteiger partial charge in [-0.2, -0.15) is 0 Å². The number of hydrogen-bond donors (Lipinski definition) is 1. The first-order valence-corrected chi connectivity index (χ1v) is 7.67. The van der Waals surface area contributed by atoms with E-state index in [9.17, 15) is 9.18 Å². The summed E-state index contributed by atoms with van der Waals surface area (Å²) in [6.45, 7) is 6.27. The number of ether oxygens (including phenoxy) is 1. The molecule has 1 aromatic carbocycles. The highest BCUT2D eigenvalue weighted by molar-refractivity contribution is 5.96. The quantitative estimate of drug-likeness (QED) is 0.883. The lowest BCUT2D eigenvalue weighted by atomic mass is 9.95. The molecule has 0 bridgehead atoms. The van der Waals surface area contributed by atoms with Crippen molar-refractivity contribution < 1.29 is 13.9 Å². The Labute approximate surface area is 135 Å². The molecule has 0 aliphatic heterocycles. The number of aromatic nitrogens is 1. The molecule has 1 amide bonds. The van der Waals surface area contributed by atoms with Gasteiger partial charge in [0.15, 0.2) is 0 Å². The van der Waals surface area contributed by atoms with Crippen LogP contribution in [0.15, 0.2) is 42.6 Å². The second-order valence-corrected chi connectivity index (χ2v) is 5.54. The summed E-state index contributed by atoms with van der Waals surface area (Å²) < 4.78 is 18.5. The highest BCUT2D eigenvalue weighted by Crippen LogP contribution is 2.23. The van der Waals surface area contributed by atoms with Crippen LogP contribution in [0.4, 0.5) is 4.39 Å². The van der Waals surface area contributed by atoms with Crippen LogP contribution < -0.4 is 10.1 Å². The molecule has 0 fully saturated rings. The van der Waals surface area contributed by atoms with Crippen molar-refractivity contribution in [2.24, 2.45) is 5.92 Å². The number of rotatable bonds is 6. The van der Waals surface area contributed by atoms with Crippen LogP contribution in [0.1, 0.15) is 42.7 Å². The summed E-state index contributed by atoms with van der Waals surface area (Å²) in [5.41, 5.74) is 1.25. The van der Waals surface area contributed by atoms with Gasteiger partial charge < -0.3 is 10.1 Å². The molecule has 1 heterocycles. The van der Waals surface area contributed by atoms with E-state index in [0.717, 1.165) is 5.56 Å². The Morgan fingerprint density at radius 2 is 1.96 bits per heavy atom. The zero-order valence-corrected chi connectivity index (χ0v) is 13.5. The summed E-state index contributed by atoms with van der Waals surface area (Å²) in [7, 11) is 0. The number of hydrogen-bond acceptors (Lipinski definition) is 3. The van der Waals surface area contributed by atoms with Crippen LogP contribution >= 0.6 is 0 Å². The van der Waals surface area contributed by atoms with Crippen molar-refractivity contribution in [1.29, 1.82) is 0 Å². The minimum Gasteiger partial charge on any atom is -0.477 e. The molecular formula is C18H21FN2O2. The van der Waals surface area contributed by atoms with E-state index in [2.05, 4.69) is 10.3 Å². The molecule has 0 aliphatic carbocycles. The SMILES string of the molecule is CCOc1ncccc1C(=O)N[C@@H](c1ccc(F)cc1)C(C)C. The Bertz CT molecular complexity index is 656. The molecule has 122 valence electrons. The summed E-state index contributed by atoms with van der Waals surface area (Å²) in [6.07, 6.45) is 1.58. The fourth-order valence-corrected chi connectivity index (χ4v) is 2.34. The Hall–Kier alpha value is -2.43. The van der Waals surface area contributed by atoms with Gasteiger partial charge in [-0.3, -0.25) is 4.79 Å². The monoisotopic (exact) mass is 316 g/mol. The van der Waals surface area contributed by atoms with Crippen molar-refractivity contribution in [2.45, 2.75) is 26.8 Å². The molecule has 0 aliphatic rings. The van der Waals surface area contributed by atoms with E-state index in [-0.39, 0.29) is 23.7 Å². The number of nitrogens with one attached hydrogen (secondary N) is 1. The molecule has 4 nitrogen and oxygen atoms in total. The minimum atomic E-state index is -0.298. The minimum absolute atomic E-state index is 0.150. The maximum Gasteiger partial charge on any atom is 0.257 e. The van der Waals surface area contributed by atoms with Crippen LogP contribution in [-0.2, 0) is 0 Å². The van der Waals surface area contributed by atoms with Crippen LogP contribution in [0.2, 0.25) is 0 Å². The average molecular weight is 316 g/mol. The summed E-state index contributed by atoms with van der Waals surface area (Å²) in [5.74, 6) is -0.0937. The van der Waals surface area contributed by atoms with E-state index in [1.165, 1.54) is 12.1 Å². The van der Waals surface area contributed by atoms with Crippen LogP contribution in [0, 0.1) is 11.7 Å². The zero-order chi connectivity index (χ0) is 16.8. The van der Waals surface area contributed by atoms with Crippen LogP contribution in [0.3, 0.4) is 0 Å². The maximum absolute atomic E-state index is 13.1. The lowest BCUT2D eigenvalue weighted by Gasteiger charge is -2.23. The Morgan fingerprint density at radius 3 is 2.57 bits per heavy atom. The maximum atomic E-state index is 13.1. The van der Waals surface area contributed by atoms with Gasteiger partial charge in [-0.05, 0) is 42.7 Å². The highest BCUT2D eigenvalue weighted by Gasteiger charge is 2.21. The van der Waals surface area contributed by atoms with Crippen LogP contribution in [-0.4, -0.2) is 17.5 Å². The highest BCUT2D eigenvalue weighted by atomic mass is 19.1. The molecule has 1 aromatic heterocycles. The Balaban J connectivity index is 2.23. The molecule has 0 saturated carbocycles. The van der Waals surface area contributed by atoms with E-state index in [4.69, 9.17) is 4.74 Å². The lowest BCUT2D eigenvalue weighted by Crippen LogP contribution is -2.32. The molecule has 0 saturated heterocycles. The summed E-state index contributed by atoms with van der Waals surface area (Å²) in [4.78, 5) is 16.7. The number of benzene rings is 1. The third kappa shape index (κ3) is 4.28. The van der Waals surface area contributed by atoms with E-state index in [1.54, 1.807) is 30.5 Å². The van der Waals surface area contributed by atoms with Crippen LogP contribution in [0.25, 0.3) is 0 Å². The number of halogens is 1. The molecule has 2 aromatic rings. The fraction of sp³-hybridized carbons (Fsp3) is 0.333. The number of nitrogens with zero attached hydrogens (tertiary/aromatic N) is 1. The molecular weight excluding hydrogens is 295 g/mol. The van der Waals surface area contributed by atoms with Gasteiger partial charge in [0.25, 0.3) is 5.91 Å². The van der Waals surface area contributed by atoms with Crippen molar-refractivity contribution in [3.8, 4) is 5.88 Å². The average Bonchev–Trinajstić information content (AvgIpc) is 2.54. The van der Waals surface area contributed by atoms with Gasteiger partial charge in [-0.15, -0.1) is 0 Å². The first kappa shape index (κ1) is 16.9. The second kappa shape index (κ2) is 7.72. The topological polar surface area (TPSA) is 51.2 Å². The van der Waals surface area contributed by atoms with E-state index in [0.29, 0.717) is 18.1 Å². The van der Waals surface area contributed by atoms with E-state index < -0.39 is 0 Å². The second-order valence-electron chi connectivity index (χ2n) is 5.54. The normalized spacial score (nSPS) is 12.0. The Kier molecular flexibility index (Phi) is 5.68. The Morgan fingerprint density at radius 1 is 1.26 bits per heavy atom. The van der Waals surface area contributed by atoms with Crippen molar-refractivity contribution in [3.63, 3.8) is 0 Å². The predicted molar refractivity (Wildman–Crippen MR) is 86.9 cm³/mol. The van der Waals surface area contributed by atoms with Gasteiger partial charge in [-0.1, -0.05) is 26.0 Å². The summed E-state index contributed by atoms with van der Waals surface area (Å²) in [6, 6.07) is 9.31. The molecule has 0 spiro atoms. The van der Waals surface area contributed by atoms with Gasteiger partial charge in [0.1, 0.15) is 11.4 Å². The zero-order valence-electron chi connectivity index (χ0n) is 13.5. The van der Waals surface area contributed by atoms with E-state index >= 15 is 0 Å². The third-order valence-electron chi connectivity index (χ3n) is 3.48. The number of carbonyl (C=O) groups excluding carboxylic acids is 1. The predicted octanol–water partition coefficient (Wildman–Crippen LogP) is 3.75. The first-order valence-electron chi connectivity index (χ1n) is 7.67. The van der Waals surface area contributed by atoms with Crippen molar-refractivity contribution in [2.75, 3.05) is 6.61 Å². The first-order chi connectivity index (χ1) is 11.0. The molecule has 1 N–H and O–H groups in total. The molecule has 2 rings (SSSR count). The van der Waals surface area contributed by atoms with Gasteiger partial charge in [0.05, 0.1) is 12.6 Å². The third-order valence-corrected chi connectivity index (χ3v) is 3.48. The number of pyridine rings is 1. The molecule has 23 heavy (non-hydrogen) atoms. The molecule has 0 unspecified atom stereocenters. The number of carbonyl (C=O) groups is 1. The molecule has 0 radical (unpaired) electrons. The smallest absolute Gasteiger partial charge is 0.257 e. The van der Waals surface area contributed by atoms with E-state index in [1.807, 2.05) is 20.8 Å². The van der Waals surface area contributed by atoms with Gasteiger partial charge >= 0.3 is 0 Å². The van der Waals surface area contributed by atoms with Crippen molar-refractivity contribution in [3.05, 3.63) is 59.5 Å². The van der Waals surface area contributed by atoms with Gasteiger partial charge in [0.2, 0.25) is 5.88 Å². The largest absolute Gasteiger partial charge is 0.477 e. The van der Waals surface area contributed by atoms with Crippen molar-refractivity contribution in [1.82, 2.24) is 10.3 Å². The standard InChI is InChI=1S/C18H21FN2O2/c1-4-23-18-15(6-5-11-20-18)17(22)21-16(12(2)3)13-7-9-14(19)10-8-13/h5-12,16H,4H2,1-3H3,(H,21,22)/t16-/m1/s1. The lowest BCUT2D eigenvalue weighted by molar-refractivity contribution is 0.0921. The van der Waals surface area contributed by atoms with Crippen molar-refractivity contribution >= 4 is 5.91 Å². The van der Waals surface area contributed by atoms with Gasteiger partial charge in [0, 0.05) is 6.20 Å². The summed E-state index contributed by atoms with van der Waals surface area (Å²) in [5, 5.41) is 2.99. The molecule has 5 heteroatoms. The van der Waals surface area contributed by atoms with Gasteiger partial charge in [-0.25, -0.2) is 9.37 Å². The summed E-state index contributed by atoms with van der Waals surface area (Å²) >= 11 is 0. The van der Waals surface area contributed by atoms with Crippen LogP contribution in [0.5, 0.6) is 5.88 Å².